The molecule has 2 aromatic rings. The third kappa shape index (κ3) is 4.23. The van der Waals surface area contributed by atoms with Crippen LogP contribution in [0, 0.1) is 12.8 Å². The number of carbonyl (C=O) groups is 2. The summed E-state index contributed by atoms with van der Waals surface area (Å²) in [4.78, 5) is 26.7. The molecule has 0 saturated carbocycles. The quantitative estimate of drug-likeness (QED) is 0.895. The van der Waals surface area contributed by atoms with Gasteiger partial charge < -0.3 is 10.2 Å². The number of fused-ring (bicyclic) bond motifs is 1. The van der Waals surface area contributed by atoms with Crippen LogP contribution in [-0.4, -0.2) is 45.6 Å². The number of carbonyl (C=O) groups excluding carboxylic acids is 2. The zero-order valence-corrected chi connectivity index (χ0v) is 15.9. The van der Waals surface area contributed by atoms with E-state index in [1.807, 2.05) is 29.6 Å². The summed E-state index contributed by atoms with van der Waals surface area (Å²) in [6.07, 6.45) is 3.99. The van der Waals surface area contributed by atoms with Crippen molar-refractivity contribution in [2.24, 2.45) is 5.92 Å². The Balaban J connectivity index is 1.58. The van der Waals surface area contributed by atoms with Gasteiger partial charge in [-0.15, -0.1) is 0 Å². The van der Waals surface area contributed by atoms with E-state index in [9.17, 15) is 9.59 Å². The molecule has 1 aromatic heterocycles. The van der Waals surface area contributed by atoms with Gasteiger partial charge in [-0.05, 0) is 45.7 Å². The van der Waals surface area contributed by atoms with Gasteiger partial charge in [0.25, 0.3) is 0 Å². The zero-order valence-electron chi connectivity index (χ0n) is 15.9. The Labute approximate surface area is 154 Å². The molecular weight excluding hydrogens is 328 g/mol. The van der Waals surface area contributed by atoms with E-state index < -0.39 is 0 Å². The maximum absolute atomic E-state index is 12.6. The van der Waals surface area contributed by atoms with Gasteiger partial charge in [0.1, 0.15) is 0 Å². The maximum Gasteiger partial charge on any atom is 0.225 e. The summed E-state index contributed by atoms with van der Waals surface area (Å²) in [5, 5.41) is 8.47. The van der Waals surface area contributed by atoms with Crippen molar-refractivity contribution >= 4 is 22.7 Å². The molecule has 1 aliphatic rings. The number of rotatable bonds is 5. The fourth-order valence-electron chi connectivity index (χ4n) is 3.56. The van der Waals surface area contributed by atoms with Crippen molar-refractivity contribution in [3.63, 3.8) is 0 Å². The number of likely N-dealkylation sites (tertiary alicyclic amines) is 1. The van der Waals surface area contributed by atoms with Gasteiger partial charge in [-0.3, -0.25) is 14.3 Å². The zero-order chi connectivity index (χ0) is 18.7. The summed E-state index contributed by atoms with van der Waals surface area (Å²) in [7, 11) is 0. The van der Waals surface area contributed by atoms with Crippen molar-refractivity contribution in [3.05, 3.63) is 30.0 Å². The lowest BCUT2D eigenvalue weighted by atomic mass is 9.96. The number of aromatic nitrogens is 2. The first kappa shape index (κ1) is 18.4. The monoisotopic (exact) mass is 356 g/mol. The Morgan fingerprint density at radius 2 is 2.15 bits per heavy atom. The molecule has 1 saturated heterocycles. The molecule has 2 amide bonds. The molecule has 1 atom stereocenters. The van der Waals surface area contributed by atoms with E-state index >= 15 is 0 Å². The van der Waals surface area contributed by atoms with Crippen LogP contribution in [0.3, 0.4) is 0 Å². The molecule has 0 spiro atoms. The molecule has 3 rings (SSSR count). The third-order valence-electron chi connectivity index (χ3n) is 4.91. The van der Waals surface area contributed by atoms with Crippen LogP contribution in [0.5, 0.6) is 0 Å². The van der Waals surface area contributed by atoms with Gasteiger partial charge in [0.2, 0.25) is 11.8 Å². The highest BCUT2D eigenvalue weighted by Crippen LogP contribution is 2.19. The Morgan fingerprint density at radius 1 is 1.35 bits per heavy atom. The Bertz CT molecular complexity index is 796. The molecule has 1 fully saturated rings. The molecule has 1 aliphatic heterocycles. The summed E-state index contributed by atoms with van der Waals surface area (Å²) in [5.41, 5.74) is 2.25. The fourth-order valence-corrected chi connectivity index (χ4v) is 3.56. The average Bonchev–Trinajstić information content (AvgIpc) is 3.01. The van der Waals surface area contributed by atoms with Crippen LogP contribution in [0.4, 0.5) is 0 Å². The minimum Gasteiger partial charge on any atom is -0.354 e. The highest BCUT2D eigenvalue weighted by molar-refractivity contribution is 5.82. The number of nitrogens with one attached hydrogen (secondary N) is 1. The van der Waals surface area contributed by atoms with Crippen LogP contribution >= 0.6 is 0 Å². The topological polar surface area (TPSA) is 67.2 Å². The molecule has 0 radical (unpaired) electrons. The minimum atomic E-state index is -0.0939. The molecular formula is C20H28N4O2. The van der Waals surface area contributed by atoms with Crippen LogP contribution in [0.25, 0.3) is 10.9 Å². The van der Waals surface area contributed by atoms with Crippen LogP contribution in [0.2, 0.25) is 0 Å². The Hall–Kier alpha value is -2.37. The number of amides is 2. The standard InChI is InChI=1S/C20H28N4O2/c1-14(2)22-20(26)16-5-4-9-23(13-16)19(25)8-10-24-18-7-6-15(3)11-17(18)12-21-24/h6-7,11-12,14,16H,4-5,8-10,13H2,1-3H3,(H,22,26). The largest absolute Gasteiger partial charge is 0.354 e. The molecule has 0 aliphatic carbocycles. The highest BCUT2D eigenvalue weighted by atomic mass is 16.2. The number of nitrogens with zero attached hydrogens (tertiary/aromatic N) is 3. The molecule has 1 unspecified atom stereocenters. The fraction of sp³-hybridized carbons (Fsp3) is 0.550. The molecule has 1 N–H and O–H groups in total. The molecule has 1 aromatic carbocycles. The van der Waals surface area contributed by atoms with Crippen molar-refractivity contribution in [2.75, 3.05) is 13.1 Å². The van der Waals surface area contributed by atoms with Crippen LogP contribution in [0.1, 0.15) is 38.7 Å². The lowest BCUT2D eigenvalue weighted by Crippen LogP contribution is -2.46. The van der Waals surface area contributed by atoms with E-state index in [0.29, 0.717) is 19.5 Å². The van der Waals surface area contributed by atoms with Crippen molar-refractivity contribution in [1.29, 1.82) is 0 Å². The molecule has 6 heteroatoms. The number of aryl methyl sites for hydroxylation is 2. The number of piperidine rings is 1. The predicted octanol–water partition coefficient (Wildman–Crippen LogP) is 2.50. The smallest absolute Gasteiger partial charge is 0.225 e. The first-order valence-corrected chi connectivity index (χ1v) is 9.44. The first-order chi connectivity index (χ1) is 12.4. The van der Waals surface area contributed by atoms with Gasteiger partial charge in [-0.2, -0.15) is 5.10 Å². The summed E-state index contributed by atoms with van der Waals surface area (Å²) < 4.78 is 1.89. The summed E-state index contributed by atoms with van der Waals surface area (Å²) >= 11 is 0. The summed E-state index contributed by atoms with van der Waals surface area (Å²) in [6.45, 7) is 7.80. The summed E-state index contributed by atoms with van der Waals surface area (Å²) in [5.74, 6) is 0.0670. The van der Waals surface area contributed by atoms with E-state index in [2.05, 4.69) is 35.5 Å². The molecule has 140 valence electrons. The maximum atomic E-state index is 12.6. The average molecular weight is 356 g/mol. The predicted molar refractivity (Wildman–Crippen MR) is 102 cm³/mol. The lowest BCUT2D eigenvalue weighted by molar-refractivity contribution is -0.136. The molecule has 2 heterocycles. The minimum absolute atomic E-state index is 0.0611. The second-order valence-corrected chi connectivity index (χ2v) is 7.52. The van der Waals surface area contributed by atoms with E-state index in [1.54, 1.807) is 0 Å². The van der Waals surface area contributed by atoms with Gasteiger partial charge in [0, 0.05) is 30.9 Å². The number of hydrogen-bond acceptors (Lipinski definition) is 3. The van der Waals surface area contributed by atoms with Crippen molar-refractivity contribution in [3.8, 4) is 0 Å². The van der Waals surface area contributed by atoms with Crippen LogP contribution in [0.15, 0.2) is 24.4 Å². The van der Waals surface area contributed by atoms with Crippen LogP contribution < -0.4 is 5.32 Å². The van der Waals surface area contributed by atoms with Crippen LogP contribution in [-0.2, 0) is 16.1 Å². The third-order valence-corrected chi connectivity index (χ3v) is 4.91. The van der Waals surface area contributed by atoms with Gasteiger partial charge >= 0.3 is 0 Å². The Kier molecular flexibility index (Phi) is 5.59. The first-order valence-electron chi connectivity index (χ1n) is 9.44. The van der Waals surface area contributed by atoms with E-state index in [1.165, 1.54) is 5.56 Å². The van der Waals surface area contributed by atoms with Crippen molar-refractivity contribution in [2.45, 2.75) is 52.6 Å². The van der Waals surface area contributed by atoms with Gasteiger partial charge in [-0.25, -0.2) is 0 Å². The van der Waals surface area contributed by atoms with Gasteiger partial charge in [0.05, 0.1) is 24.2 Å². The molecule has 6 nitrogen and oxygen atoms in total. The van der Waals surface area contributed by atoms with E-state index in [-0.39, 0.29) is 23.8 Å². The second-order valence-electron chi connectivity index (χ2n) is 7.52. The highest BCUT2D eigenvalue weighted by Gasteiger charge is 2.28. The Morgan fingerprint density at radius 3 is 2.92 bits per heavy atom. The van der Waals surface area contributed by atoms with Gasteiger partial charge in [0.15, 0.2) is 0 Å². The number of hydrogen-bond donors (Lipinski definition) is 1. The van der Waals surface area contributed by atoms with E-state index in [4.69, 9.17) is 0 Å². The van der Waals surface area contributed by atoms with E-state index in [0.717, 1.165) is 30.3 Å². The second kappa shape index (κ2) is 7.89. The normalized spacial score (nSPS) is 17.7. The number of benzene rings is 1. The SMILES string of the molecule is Cc1ccc2c(cnn2CCC(=O)N2CCCC(C(=O)NC(C)C)C2)c1. The van der Waals surface area contributed by atoms with Gasteiger partial charge in [-0.1, -0.05) is 11.6 Å². The molecule has 0 bridgehead atoms. The summed E-state index contributed by atoms with van der Waals surface area (Å²) in [6, 6.07) is 6.34. The van der Waals surface area contributed by atoms with Crippen molar-refractivity contribution < 1.29 is 9.59 Å². The molecule has 26 heavy (non-hydrogen) atoms. The lowest BCUT2D eigenvalue weighted by Gasteiger charge is -2.32. The van der Waals surface area contributed by atoms with Crippen molar-refractivity contribution in [1.82, 2.24) is 20.0 Å².